The predicted octanol–water partition coefficient (Wildman–Crippen LogP) is 20.5. The smallest absolute Gasteiger partial charge is 0.462 e. The number of ether oxygens (including phenoxy) is 4. The zero-order chi connectivity index (χ0) is 66.3. The summed E-state index contributed by atoms with van der Waals surface area (Å²) in [4.78, 5) is 72.3. The molecule has 0 aliphatic carbocycles. The van der Waals surface area contributed by atoms with Crippen LogP contribution in [0.3, 0.4) is 0 Å². The van der Waals surface area contributed by atoms with Crippen molar-refractivity contribution in [2.75, 3.05) is 39.6 Å². The first kappa shape index (κ1) is 88.1. The number of hydrogen-bond acceptors (Lipinski definition) is 15. The maximum absolute atomic E-state index is 13.0. The van der Waals surface area contributed by atoms with Crippen LogP contribution >= 0.6 is 15.6 Å². The van der Waals surface area contributed by atoms with Crippen LogP contribution < -0.4 is 0 Å². The number of aliphatic hydroxyl groups excluding tert-OH is 1. The topological polar surface area (TPSA) is 237 Å². The second-order valence-electron chi connectivity index (χ2n) is 26.1. The number of phosphoric acid groups is 2. The maximum Gasteiger partial charge on any atom is 0.472 e. The minimum Gasteiger partial charge on any atom is -0.462 e. The van der Waals surface area contributed by atoms with Gasteiger partial charge in [-0.3, -0.25) is 37.3 Å². The van der Waals surface area contributed by atoms with E-state index in [0.717, 1.165) is 115 Å². The lowest BCUT2D eigenvalue weighted by Crippen LogP contribution is -2.30. The molecule has 5 atom stereocenters. The second kappa shape index (κ2) is 64.4. The van der Waals surface area contributed by atoms with Crippen LogP contribution in [0, 0.1) is 5.92 Å². The van der Waals surface area contributed by atoms with Crippen LogP contribution in [0.1, 0.15) is 369 Å². The van der Waals surface area contributed by atoms with Crippen molar-refractivity contribution in [2.45, 2.75) is 387 Å². The molecule has 0 fully saturated rings. The Labute approximate surface area is 549 Å². The number of phosphoric ester groups is 2. The zero-order valence-corrected chi connectivity index (χ0v) is 60.1. The summed E-state index contributed by atoms with van der Waals surface area (Å²) in [6.45, 7) is 7.20. The molecular weight excluding hydrogens is 1190 g/mol. The van der Waals surface area contributed by atoms with Gasteiger partial charge in [-0.15, -0.1) is 0 Å². The number of hydrogen-bond donors (Lipinski definition) is 3. The molecule has 534 valence electrons. The SMILES string of the molecule is CCCCCCCCCCCCCCCCCCCCCC(=O)O[C@H](COC(=O)CCCCCCCCCCCCCCCC(C)C)COP(=O)(O)OC[C@@H](O)COP(=O)(O)OC[C@@H](COC(=O)CCCCCCCCC)OC(=O)CCCCCCCCCC. The number of carbonyl (C=O) groups is 4. The van der Waals surface area contributed by atoms with Gasteiger partial charge in [0.15, 0.2) is 12.2 Å². The monoisotopic (exact) mass is 1320 g/mol. The quantitative estimate of drug-likeness (QED) is 0.0222. The molecule has 0 saturated heterocycles. The van der Waals surface area contributed by atoms with Crippen LogP contribution in [0.4, 0.5) is 0 Å². The molecule has 0 radical (unpaired) electrons. The third-order valence-corrected chi connectivity index (χ3v) is 18.4. The molecule has 0 rings (SSSR count). The van der Waals surface area contributed by atoms with E-state index in [2.05, 4.69) is 34.6 Å². The molecule has 0 saturated carbocycles. The number of aliphatic hydroxyl groups is 1. The van der Waals surface area contributed by atoms with Gasteiger partial charge in [-0.2, -0.15) is 0 Å². The molecule has 0 aliphatic rings. The van der Waals surface area contributed by atoms with Gasteiger partial charge in [-0.05, 0) is 31.6 Å². The van der Waals surface area contributed by atoms with Crippen LogP contribution in [-0.2, 0) is 65.4 Å². The Morgan fingerprint density at radius 1 is 0.300 bits per heavy atom. The number of unbranched alkanes of at least 4 members (excludes halogenated alkanes) is 43. The Morgan fingerprint density at radius 2 is 0.511 bits per heavy atom. The van der Waals surface area contributed by atoms with Gasteiger partial charge >= 0.3 is 39.5 Å². The van der Waals surface area contributed by atoms with Crippen LogP contribution in [0.25, 0.3) is 0 Å². The van der Waals surface area contributed by atoms with Crippen molar-refractivity contribution < 1.29 is 80.2 Å². The van der Waals surface area contributed by atoms with Gasteiger partial charge in [0.25, 0.3) is 0 Å². The van der Waals surface area contributed by atoms with Gasteiger partial charge in [0.2, 0.25) is 0 Å². The molecule has 3 N–H and O–H groups in total. The summed E-state index contributed by atoms with van der Waals surface area (Å²) < 4.78 is 68.1. The minimum atomic E-state index is -4.95. The van der Waals surface area contributed by atoms with E-state index in [0.29, 0.717) is 25.7 Å². The predicted molar refractivity (Wildman–Crippen MR) is 363 cm³/mol. The van der Waals surface area contributed by atoms with Crippen molar-refractivity contribution in [1.29, 1.82) is 0 Å². The summed E-state index contributed by atoms with van der Waals surface area (Å²) in [7, 11) is -9.89. The number of esters is 4. The van der Waals surface area contributed by atoms with Crippen molar-refractivity contribution in [3.8, 4) is 0 Å². The van der Waals surface area contributed by atoms with E-state index in [-0.39, 0.29) is 25.7 Å². The van der Waals surface area contributed by atoms with E-state index in [1.165, 1.54) is 173 Å². The Kier molecular flexibility index (Phi) is 63.0. The molecule has 0 spiro atoms. The Morgan fingerprint density at radius 3 is 0.756 bits per heavy atom. The van der Waals surface area contributed by atoms with Crippen LogP contribution in [0.15, 0.2) is 0 Å². The Bertz CT molecular complexity index is 1740. The molecule has 17 nitrogen and oxygen atoms in total. The third-order valence-electron chi connectivity index (χ3n) is 16.5. The van der Waals surface area contributed by atoms with Crippen LogP contribution in [-0.4, -0.2) is 96.7 Å². The van der Waals surface area contributed by atoms with E-state index in [4.69, 9.17) is 37.0 Å². The molecule has 0 aliphatic heterocycles. The third kappa shape index (κ3) is 64.8. The fraction of sp³-hybridized carbons (Fsp3) is 0.944. The van der Waals surface area contributed by atoms with Crippen molar-refractivity contribution >= 4 is 39.5 Å². The zero-order valence-electron chi connectivity index (χ0n) is 58.3. The summed E-state index contributed by atoms with van der Waals surface area (Å²) in [5, 5.41) is 10.6. The summed E-state index contributed by atoms with van der Waals surface area (Å²) in [5.74, 6) is -1.34. The molecule has 0 aromatic rings. The largest absolute Gasteiger partial charge is 0.472 e. The first-order chi connectivity index (χ1) is 43.5. The van der Waals surface area contributed by atoms with Crippen LogP contribution in [0.2, 0.25) is 0 Å². The van der Waals surface area contributed by atoms with Crippen molar-refractivity contribution in [3.05, 3.63) is 0 Å². The summed E-state index contributed by atoms with van der Waals surface area (Å²) in [6, 6.07) is 0. The highest BCUT2D eigenvalue weighted by molar-refractivity contribution is 7.47. The molecule has 0 heterocycles. The Hall–Kier alpha value is -1.94. The van der Waals surface area contributed by atoms with E-state index in [1.54, 1.807) is 0 Å². The van der Waals surface area contributed by atoms with E-state index in [9.17, 15) is 43.2 Å². The van der Waals surface area contributed by atoms with Gasteiger partial charge in [-0.25, -0.2) is 9.13 Å². The lowest BCUT2D eigenvalue weighted by Gasteiger charge is -2.21. The van der Waals surface area contributed by atoms with E-state index in [1.807, 2.05) is 0 Å². The molecule has 90 heavy (non-hydrogen) atoms. The van der Waals surface area contributed by atoms with Crippen LogP contribution in [0.5, 0.6) is 0 Å². The average molecular weight is 1330 g/mol. The molecular formula is C71H138O17P2. The molecule has 0 amide bonds. The lowest BCUT2D eigenvalue weighted by atomic mass is 10.0. The molecule has 2 unspecified atom stereocenters. The van der Waals surface area contributed by atoms with Gasteiger partial charge in [-0.1, -0.05) is 317 Å². The van der Waals surface area contributed by atoms with E-state index < -0.39 is 97.5 Å². The van der Waals surface area contributed by atoms with Gasteiger partial charge in [0.1, 0.15) is 19.3 Å². The summed E-state index contributed by atoms with van der Waals surface area (Å²) in [6.07, 6.45) is 51.6. The average Bonchev–Trinajstić information content (AvgIpc) is 3.05. The van der Waals surface area contributed by atoms with Crippen molar-refractivity contribution in [2.24, 2.45) is 5.92 Å². The van der Waals surface area contributed by atoms with Gasteiger partial charge < -0.3 is 33.8 Å². The summed E-state index contributed by atoms with van der Waals surface area (Å²) in [5.41, 5.74) is 0. The molecule has 19 heteroatoms. The Balaban J connectivity index is 5.15. The van der Waals surface area contributed by atoms with E-state index >= 15 is 0 Å². The fourth-order valence-electron chi connectivity index (χ4n) is 10.8. The fourth-order valence-corrected chi connectivity index (χ4v) is 12.4. The van der Waals surface area contributed by atoms with Gasteiger partial charge in [0, 0.05) is 25.7 Å². The van der Waals surface area contributed by atoms with Crippen molar-refractivity contribution in [3.63, 3.8) is 0 Å². The first-order valence-electron chi connectivity index (χ1n) is 37.1. The van der Waals surface area contributed by atoms with Crippen molar-refractivity contribution in [1.82, 2.24) is 0 Å². The normalized spacial score (nSPS) is 14.1. The molecule has 0 aromatic heterocycles. The standard InChI is InChI=1S/C71H138O17P2/c1-6-9-12-15-18-20-21-22-23-24-25-26-27-30-34-37-42-47-52-57-71(76)88-67(61-82-69(74)55-50-45-41-36-33-31-28-29-32-35-39-43-48-53-64(4)5)63-86-90(79,80)84-59-65(72)58-83-89(77,78)85-62-66(60-81-68(73)54-49-44-38-17-14-11-8-3)87-70(75)56-51-46-40-19-16-13-10-7-2/h64-67,72H,6-63H2,1-5H3,(H,77,78)(H,79,80)/t65-,66+,67+/m0/s1. The first-order valence-corrected chi connectivity index (χ1v) is 40.1. The maximum atomic E-state index is 13.0. The highest BCUT2D eigenvalue weighted by Gasteiger charge is 2.30. The summed E-state index contributed by atoms with van der Waals surface area (Å²) >= 11 is 0. The highest BCUT2D eigenvalue weighted by Crippen LogP contribution is 2.45. The minimum absolute atomic E-state index is 0.105. The lowest BCUT2D eigenvalue weighted by molar-refractivity contribution is -0.161. The second-order valence-corrected chi connectivity index (χ2v) is 29.0. The van der Waals surface area contributed by atoms with Gasteiger partial charge in [0.05, 0.1) is 26.4 Å². The number of carbonyl (C=O) groups excluding carboxylic acids is 4. The highest BCUT2D eigenvalue weighted by atomic mass is 31.2. The molecule has 0 aromatic carbocycles. The number of rotatable bonds is 71. The molecule has 0 bridgehead atoms.